The Morgan fingerprint density at radius 1 is 0.812 bits per heavy atom. The highest BCUT2D eigenvalue weighted by atomic mass is 16.2. The Hall–Kier alpha value is -1.84. The van der Waals surface area contributed by atoms with E-state index in [9.17, 15) is 4.79 Å². The molecule has 32 heavy (non-hydrogen) atoms. The molecule has 1 heterocycles. The number of carbonyl (C=O) groups is 1. The maximum Gasteiger partial charge on any atom is 0.244 e. The van der Waals surface area contributed by atoms with Gasteiger partial charge in [-0.1, -0.05) is 134 Å². The van der Waals surface area contributed by atoms with Crippen LogP contribution in [0.15, 0.2) is 35.3 Å². The lowest BCUT2D eigenvalue weighted by Gasteiger charge is -2.12. The lowest BCUT2D eigenvalue weighted by atomic mass is 10.0. The summed E-state index contributed by atoms with van der Waals surface area (Å²) < 4.78 is 0. The SMILES string of the molecule is CCCCCCCCCCCCCCCCCCNC(=O)[C@@H]1CN=C(c2ccccc2)N1. The maximum atomic E-state index is 12.3. The third-order valence-corrected chi connectivity index (χ3v) is 6.44. The molecular weight excluding hydrogens is 394 g/mol. The van der Waals surface area contributed by atoms with Gasteiger partial charge in [-0.15, -0.1) is 0 Å². The smallest absolute Gasteiger partial charge is 0.244 e. The van der Waals surface area contributed by atoms with Crippen molar-refractivity contribution in [2.45, 2.75) is 116 Å². The van der Waals surface area contributed by atoms with Crippen molar-refractivity contribution in [3.8, 4) is 0 Å². The first-order valence-corrected chi connectivity index (χ1v) is 13.5. The average Bonchev–Trinajstić information content (AvgIpc) is 3.32. The zero-order valence-corrected chi connectivity index (χ0v) is 20.5. The maximum absolute atomic E-state index is 12.3. The summed E-state index contributed by atoms with van der Waals surface area (Å²) in [6.45, 7) is 3.58. The molecule has 4 heteroatoms. The highest BCUT2D eigenvalue weighted by molar-refractivity contribution is 6.03. The molecule has 0 aromatic heterocycles. The van der Waals surface area contributed by atoms with Crippen LogP contribution >= 0.6 is 0 Å². The van der Waals surface area contributed by atoms with Crippen LogP contribution in [0.1, 0.15) is 115 Å². The molecule has 0 aliphatic carbocycles. The molecule has 0 saturated carbocycles. The Bertz CT molecular complexity index is 629. The monoisotopic (exact) mass is 441 g/mol. The molecule has 1 aliphatic rings. The molecule has 0 saturated heterocycles. The number of rotatable bonds is 19. The number of nitrogens with zero attached hydrogens (tertiary/aromatic N) is 1. The molecule has 1 aliphatic heterocycles. The molecule has 2 rings (SSSR count). The quantitative estimate of drug-likeness (QED) is 0.232. The molecule has 4 nitrogen and oxygen atoms in total. The molecule has 0 bridgehead atoms. The van der Waals surface area contributed by atoms with E-state index in [0.717, 1.165) is 24.4 Å². The second-order valence-electron chi connectivity index (χ2n) is 9.35. The van der Waals surface area contributed by atoms with Crippen LogP contribution in [0, 0.1) is 0 Å². The molecular formula is C28H47N3O. The van der Waals surface area contributed by atoms with Gasteiger partial charge < -0.3 is 10.6 Å². The summed E-state index contributed by atoms with van der Waals surface area (Å²) in [6.07, 6.45) is 21.9. The van der Waals surface area contributed by atoms with Crippen LogP contribution in [0.4, 0.5) is 0 Å². The minimum absolute atomic E-state index is 0.0700. The Morgan fingerprint density at radius 2 is 1.31 bits per heavy atom. The standard InChI is InChI=1S/C28H47N3O/c1-2-3-4-5-6-7-8-9-10-11-12-13-14-15-16-20-23-29-28(32)26-24-30-27(31-26)25-21-18-17-19-22-25/h17-19,21-22,26H,2-16,20,23-24H2,1H3,(H,29,32)(H,30,31)/t26-/m0/s1. The van der Waals surface area contributed by atoms with Crippen molar-refractivity contribution in [1.82, 2.24) is 10.6 Å². The molecule has 1 amide bonds. The van der Waals surface area contributed by atoms with Gasteiger partial charge in [0.2, 0.25) is 5.91 Å². The third kappa shape index (κ3) is 11.7. The first-order valence-electron chi connectivity index (χ1n) is 13.5. The third-order valence-electron chi connectivity index (χ3n) is 6.44. The van der Waals surface area contributed by atoms with Crippen molar-refractivity contribution in [1.29, 1.82) is 0 Å². The normalized spacial score (nSPS) is 15.4. The zero-order valence-electron chi connectivity index (χ0n) is 20.5. The lowest BCUT2D eigenvalue weighted by Crippen LogP contribution is -2.44. The fraction of sp³-hybridized carbons (Fsp3) is 0.714. The fourth-order valence-corrected chi connectivity index (χ4v) is 4.37. The molecule has 0 fully saturated rings. The van der Waals surface area contributed by atoms with Gasteiger partial charge in [-0.05, 0) is 6.42 Å². The van der Waals surface area contributed by atoms with E-state index in [-0.39, 0.29) is 11.9 Å². The highest BCUT2D eigenvalue weighted by Gasteiger charge is 2.24. The van der Waals surface area contributed by atoms with Gasteiger partial charge in [-0.25, -0.2) is 0 Å². The predicted molar refractivity (Wildman–Crippen MR) is 137 cm³/mol. The molecule has 2 N–H and O–H groups in total. The van der Waals surface area contributed by atoms with Crippen LogP contribution in [-0.2, 0) is 4.79 Å². The van der Waals surface area contributed by atoms with Crippen molar-refractivity contribution in [3.05, 3.63) is 35.9 Å². The molecule has 180 valence electrons. The Labute approximate surface area is 197 Å². The fourth-order valence-electron chi connectivity index (χ4n) is 4.37. The first-order chi connectivity index (χ1) is 15.8. The van der Waals surface area contributed by atoms with Crippen molar-refractivity contribution < 1.29 is 4.79 Å². The predicted octanol–water partition coefficient (Wildman–Crippen LogP) is 6.78. The van der Waals surface area contributed by atoms with Crippen molar-refractivity contribution in [3.63, 3.8) is 0 Å². The van der Waals surface area contributed by atoms with Crippen LogP contribution in [-0.4, -0.2) is 30.9 Å². The van der Waals surface area contributed by atoms with Crippen LogP contribution in [0.3, 0.4) is 0 Å². The number of nitrogens with one attached hydrogen (secondary N) is 2. The highest BCUT2D eigenvalue weighted by Crippen LogP contribution is 2.13. The molecule has 0 radical (unpaired) electrons. The number of amidine groups is 1. The molecule has 0 spiro atoms. The molecule has 1 atom stereocenters. The minimum Gasteiger partial charge on any atom is -0.357 e. The van der Waals surface area contributed by atoms with Crippen LogP contribution in [0.25, 0.3) is 0 Å². The second-order valence-corrected chi connectivity index (χ2v) is 9.35. The molecule has 1 aromatic rings. The summed E-state index contributed by atoms with van der Waals surface area (Å²) in [6, 6.07) is 9.77. The van der Waals surface area contributed by atoms with Gasteiger partial charge >= 0.3 is 0 Å². The van der Waals surface area contributed by atoms with E-state index >= 15 is 0 Å². The summed E-state index contributed by atoms with van der Waals surface area (Å²) in [7, 11) is 0. The van der Waals surface area contributed by atoms with E-state index in [1.54, 1.807) is 0 Å². The van der Waals surface area contributed by atoms with Crippen molar-refractivity contribution in [2.24, 2.45) is 4.99 Å². The summed E-state index contributed by atoms with van der Waals surface area (Å²) in [5, 5.41) is 6.32. The number of aliphatic imine (C=N–C) groups is 1. The van der Waals surface area contributed by atoms with E-state index < -0.39 is 0 Å². The van der Waals surface area contributed by atoms with Gasteiger partial charge in [-0.3, -0.25) is 9.79 Å². The number of unbranched alkanes of at least 4 members (excludes halogenated alkanes) is 15. The van der Waals surface area contributed by atoms with E-state index in [4.69, 9.17) is 0 Å². The summed E-state index contributed by atoms with van der Waals surface area (Å²) in [5.41, 5.74) is 1.04. The van der Waals surface area contributed by atoms with Gasteiger partial charge in [0, 0.05) is 12.1 Å². The van der Waals surface area contributed by atoms with Gasteiger partial charge in [0.25, 0.3) is 0 Å². The van der Waals surface area contributed by atoms with Crippen LogP contribution < -0.4 is 10.6 Å². The number of benzene rings is 1. The van der Waals surface area contributed by atoms with E-state index in [1.165, 1.54) is 96.3 Å². The molecule has 0 unspecified atom stereocenters. The average molecular weight is 442 g/mol. The minimum atomic E-state index is -0.230. The Morgan fingerprint density at radius 3 is 1.84 bits per heavy atom. The number of amides is 1. The van der Waals surface area contributed by atoms with E-state index in [2.05, 4.69) is 22.5 Å². The van der Waals surface area contributed by atoms with Crippen molar-refractivity contribution in [2.75, 3.05) is 13.1 Å². The van der Waals surface area contributed by atoms with Crippen LogP contribution in [0.2, 0.25) is 0 Å². The van der Waals surface area contributed by atoms with Gasteiger partial charge in [-0.2, -0.15) is 0 Å². The topological polar surface area (TPSA) is 53.5 Å². The number of carbonyl (C=O) groups excluding carboxylic acids is 1. The van der Waals surface area contributed by atoms with Gasteiger partial charge in [0.1, 0.15) is 11.9 Å². The van der Waals surface area contributed by atoms with Crippen LogP contribution in [0.5, 0.6) is 0 Å². The Balaban J connectivity index is 1.33. The van der Waals surface area contributed by atoms with Gasteiger partial charge in [0.15, 0.2) is 0 Å². The summed E-state index contributed by atoms with van der Waals surface area (Å²) in [5.74, 6) is 0.897. The summed E-state index contributed by atoms with van der Waals surface area (Å²) in [4.78, 5) is 16.8. The number of hydrogen-bond acceptors (Lipinski definition) is 3. The van der Waals surface area contributed by atoms with E-state index in [0.29, 0.717) is 6.54 Å². The zero-order chi connectivity index (χ0) is 22.7. The first kappa shape index (κ1) is 26.4. The Kier molecular flexibility index (Phi) is 14.6. The second kappa shape index (κ2) is 17.7. The summed E-state index contributed by atoms with van der Waals surface area (Å²) >= 11 is 0. The lowest BCUT2D eigenvalue weighted by molar-refractivity contribution is -0.122. The molecule has 1 aromatic carbocycles. The number of hydrogen-bond donors (Lipinski definition) is 2. The van der Waals surface area contributed by atoms with E-state index in [1.807, 2.05) is 30.3 Å². The van der Waals surface area contributed by atoms with Crippen molar-refractivity contribution >= 4 is 11.7 Å². The van der Waals surface area contributed by atoms with Gasteiger partial charge in [0.05, 0.1) is 6.54 Å². The largest absolute Gasteiger partial charge is 0.357 e.